The van der Waals surface area contributed by atoms with Crippen LogP contribution in [0.2, 0.25) is 0 Å². The average molecular weight is 274 g/mol. The lowest BCUT2D eigenvalue weighted by molar-refractivity contribution is -0.123. The Kier molecular flexibility index (Phi) is 8.97. The molecule has 19 heavy (non-hydrogen) atoms. The Labute approximate surface area is 117 Å². The molecule has 2 unspecified atom stereocenters. The maximum atomic E-state index is 11.8. The molecule has 0 bridgehead atoms. The highest BCUT2D eigenvalue weighted by Gasteiger charge is 2.22. The molecule has 0 saturated heterocycles. The summed E-state index contributed by atoms with van der Waals surface area (Å²) in [5.74, 6) is 0.557. The minimum Gasteiger partial charge on any atom is -0.389 e. The first-order valence-corrected chi connectivity index (χ1v) is 7.01. The van der Waals surface area contributed by atoms with E-state index in [2.05, 4.69) is 24.5 Å². The maximum Gasteiger partial charge on any atom is 0.236 e. The lowest BCUT2D eigenvalue weighted by atomic mass is 10.0. The molecule has 0 radical (unpaired) electrons. The minimum atomic E-state index is -0.859. The Morgan fingerprint density at radius 3 is 2.53 bits per heavy atom. The SMILES string of the molecule is COCCC(C)(O)CNC(C)C(=O)NCCC(C)C. The molecule has 5 nitrogen and oxygen atoms in total. The molecule has 0 aliphatic carbocycles. The zero-order chi connectivity index (χ0) is 14.9. The summed E-state index contributed by atoms with van der Waals surface area (Å²) in [5, 5.41) is 16.0. The first-order valence-electron chi connectivity index (χ1n) is 7.01. The summed E-state index contributed by atoms with van der Waals surface area (Å²) >= 11 is 0. The molecule has 1 amide bonds. The van der Waals surface area contributed by atoms with Crippen molar-refractivity contribution < 1.29 is 14.6 Å². The lowest BCUT2D eigenvalue weighted by Crippen LogP contribution is -2.48. The van der Waals surface area contributed by atoms with Crippen LogP contribution in [-0.2, 0) is 9.53 Å². The molecule has 114 valence electrons. The maximum absolute atomic E-state index is 11.8. The predicted octanol–water partition coefficient (Wildman–Crippen LogP) is 0.914. The third-order valence-electron chi connectivity index (χ3n) is 3.05. The molecule has 5 heteroatoms. The summed E-state index contributed by atoms with van der Waals surface area (Å²) in [7, 11) is 1.61. The number of hydrogen-bond donors (Lipinski definition) is 3. The van der Waals surface area contributed by atoms with Crippen LogP contribution in [-0.4, -0.2) is 49.5 Å². The molecule has 0 aliphatic rings. The Morgan fingerprint density at radius 2 is 2.00 bits per heavy atom. The molecular formula is C14H30N2O3. The van der Waals surface area contributed by atoms with Gasteiger partial charge in [0.15, 0.2) is 0 Å². The molecule has 0 aliphatic heterocycles. The van der Waals surface area contributed by atoms with Crippen LogP contribution < -0.4 is 10.6 Å². The summed E-state index contributed by atoms with van der Waals surface area (Å²) in [6.07, 6.45) is 1.52. The van der Waals surface area contributed by atoms with Gasteiger partial charge in [-0.2, -0.15) is 0 Å². The van der Waals surface area contributed by atoms with E-state index < -0.39 is 5.60 Å². The van der Waals surface area contributed by atoms with Crippen molar-refractivity contribution in [1.29, 1.82) is 0 Å². The summed E-state index contributed by atoms with van der Waals surface area (Å²) < 4.78 is 4.94. The molecule has 0 aromatic carbocycles. The minimum absolute atomic E-state index is 0.0248. The van der Waals surface area contributed by atoms with E-state index in [1.807, 2.05) is 0 Å². The lowest BCUT2D eigenvalue weighted by Gasteiger charge is -2.25. The van der Waals surface area contributed by atoms with Gasteiger partial charge in [-0.1, -0.05) is 13.8 Å². The van der Waals surface area contributed by atoms with Gasteiger partial charge in [0.1, 0.15) is 0 Å². The second-order valence-electron chi connectivity index (χ2n) is 5.82. The van der Waals surface area contributed by atoms with Crippen molar-refractivity contribution in [1.82, 2.24) is 10.6 Å². The van der Waals surface area contributed by atoms with Crippen LogP contribution in [0, 0.1) is 5.92 Å². The number of carbonyl (C=O) groups is 1. The van der Waals surface area contributed by atoms with E-state index in [0.29, 0.717) is 32.0 Å². The Balaban J connectivity index is 3.89. The number of ether oxygens (including phenoxy) is 1. The van der Waals surface area contributed by atoms with Crippen LogP contribution in [0.1, 0.15) is 40.5 Å². The monoisotopic (exact) mass is 274 g/mol. The van der Waals surface area contributed by atoms with Crippen molar-refractivity contribution in [2.45, 2.75) is 52.2 Å². The molecule has 0 aromatic rings. The molecule has 0 rings (SSSR count). The topological polar surface area (TPSA) is 70.6 Å². The third-order valence-corrected chi connectivity index (χ3v) is 3.05. The summed E-state index contributed by atoms with van der Waals surface area (Å²) in [4.78, 5) is 11.8. The first kappa shape index (κ1) is 18.4. The van der Waals surface area contributed by atoms with E-state index in [1.54, 1.807) is 21.0 Å². The first-order chi connectivity index (χ1) is 8.78. The Hall–Kier alpha value is -0.650. The van der Waals surface area contributed by atoms with Crippen molar-refractivity contribution in [3.8, 4) is 0 Å². The average Bonchev–Trinajstić information content (AvgIpc) is 2.33. The number of amides is 1. The zero-order valence-corrected chi connectivity index (χ0v) is 13.0. The zero-order valence-electron chi connectivity index (χ0n) is 13.0. The van der Waals surface area contributed by atoms with Crippen LogP contribution in [0.15, 0.2) is 0 Å². The van der Waals surface area contributed by atoms with E-state index in [0.717, 1.165) is 6.42 Å². The van der Waals surface area contributed by atoms with Gasteiger partial charge < -0.3 is 20.5 Å². The van der Waals surface area contributed by atoms with E-state index in [4.69, 9.17) is 4.74 Å². The molecule has 0 heterocycles. The quantitative estimate of drug-likeness (QED) is 0.554. The van der Waals surface area contributed by atoms with Crippen molar-refractivity contribution in [2.75, 3.05) is 26.8 Å². The summed E-state index contributed by atoms with van der Waals surface area (Å²) in [5.41, 5.74) is -0.859. The van der Waals surface area contributed by atoms with Crippen molar-refractivity contribution >= 4 is 5.91 Å². The predicted molar refractivity (Wildman–Crippen MR) is 77.0 cm³/mol. The number of hydrogen-bond acceptors (Lipinski definition) is 4. The van der Waals surface area contributed by atoms with Gasteiger partial charge in [-0.15, -0.1) is 0 Å². The molecular weight excluding hydrogens is 244 g/mol. The van der Waals surface area contributed by atoms with Gasteiger partial charge in [0.25, 0.3) is 0 Å². The van der Waals surface area contributed by atoms with Gasteiger partial charge >= 0.3 is 0 Å². The van der Waals surface area contributed by atoms with Crippen LogP contribution >= 0.6 is 0 Å². The number of methoxy groups -OCH3 is 1. The van der Waals surface area contributed by atoms with Crippen molar-refractivity contribution in [3.05, 3.63) is 0 Å². The Bertz CT molecular complexity index is 255. The van der Waals surface area contributed by atoms with E-state index in [1.165, 1.54) is 0 Å². The fourth-order valence-corrected chi connectivity index (χ4v) is 1.51. The van der Waals surface area contributed by atoms with Gasteiger partial charge in [0.05, 0.1) is 11.6 Å². The van der Waals surface area contributed by atoms with Crippen LogP contribution in [0.5, 0.6) is 0 Å². The van der Waals surface area contributed by atoms with Crippen LogP contribution in [0.3, 0.4) is 0 Å². The van der Waals surface area contributed by atoms with Crippen molar-refractivity contribution in [2.24, 2.45) is 5.92 Å². The second-order valence-corrected chi connectivity index (χ2v) is 5.82. The van der Waals surface area contributed by atoms with Gasteiger partial charge in [-0.05, 0) is 26.2 Å². The molecule has 0 saturated carbocycles. The number of carbonyl (C=O) groups excluding carboxylic acids is 1. The highest BCUT2D eigenvalue weighted by molar-refractivity contribution is 5.81. The fraction of sp³-hybridized carbons (Fsp3) is 0.929. The second kappa shape index (κ2) is 9.28. The molecule has 0 fully saturated rings. The molecule has 0 spiro atoms. The molecule has 3 N–H and O–H groups in total. The number of rotatable bonds is 10. The normalized spacial score (nSPS) is 16.2. The fourth-order valence-electron chi connectivity index (χ4n) is 1.51. The largest absolute Gasteiger partial charge is 0.389 e. The summed E-state index contributed by atoms with van der Waals surface area (Å²) in [6, 6.07) is -0.304. The van der Waals surface area contributed by atoms with Gasteiger partial charge in [-0.3, -0.25) is 4.79 Å². The highest BCUT2D eigenvalue weighted by Crippen LogP contribution is 2.07. The van der Waals surface area contributed by atoms with Crippen molar-refractivity contribution in [3.63, 3.8) is 0 Å². The molecule has 2 atom stereocenters. The number of aliphatic hydroxyl groups is 1. The van der Waals surface area contributed by atoms with Crippen LogP contribution in [0.4, 0.5) is 0 Å². The third kappa shape index (κ3) is 9.87. The van der Waals surface area contributed by atoms with E-state index in [9.17, 15) is 9.90 Å². The van der Waals surface area contributed by atoms with Gasteiger partial charge in [-0.25, -0.2) is 0 Å². The standard InChI is InChI=1S/C14H30N2O3/c1-11(2)6-8-15-13(17)12(3)16-10-14(4,18)7-9-19-5/h11-12,16,18H,6-10H2,1-5H3,(H,15,17). The van der Waals surface area contributed by atoms with Gasteiger partial charge in [0.2, 0.25) is 5.91 Å². The molecule has 0 aromatic heterocycles. The smallest absolute Gasteiger partial charge is 0.236 e. The number of nitrogens with one attached hydrogen (secondary N) is 2. The summed E-state index contributed by atoms with van der Waals surface area (Å²) in [6.45, 7) is 9.36. The van der Waals surface area contributed by atoms with E-state index in [-0.39, 0.29) is 11.9 Å². The highest BCUT2D eigenvalue weighted by atomic mass is 16.5. The Morgan fingerprint density at radius 1 is 1.37 bits per heavy atom. The van der Waals surface area contributed by atoms with Gasteiger partial charge in [0, 0.05) is 33.2 Å². The van der Waals surface area contributed by atoms with Crippen LogP contribution in [0.25, 0.3) is 0 Å². The van der Waals surface area contributed by atoms with E-state index >= 15 is 0 Å².